The van der Waals surface area contributed by atoms with Crippen LogP contribution < -0.4 is 5.73 Å². The molecule has 0 unspecified atom stereocenters. The molecule has 1 aliphatic rings. The lowest BCUT2D eigenvalue weighted by Gasteiger charge is -2.34. The van der Waals surface area contributed by atoms with Crippen LogP contribution in [0.1, 0.15) is 25.2 Å². The van der Waals surface area contributed by atoms with Crippen LogP contribution in [-0.4, -0.2) is 4.98 Å². The summed E-state index contributed by atoms with van der Waals surface area (Å²) in [5.74, 6) is 0.668. The molecule has 1 heterocycles. The Hall–Kier alpha value is -1.13. The van der Waals surface area contributed by atoms with Gasteiger partial charge >= 0.3 is 0 Å². The zero-order valence-corrected chi connectivity index (χ0v) is 10.9. The number of benzene rings is 1. The molecule has 0 bridgehead atoms. The van der Waals surface area contributed by atoms with E-state index in [2.05, 4.69) is 20.9 Å². The molecule has 1 aliphatic carbocycles. The summed E-state index contributed by atoms with van der Waals surface area (Å²) in [5.41, 5.74) is 7.75. The minimum atomic E-state index is -0.326. The van der Waals surface area contributed by atoms with E-state index >= 15 is 0 Å². The number of hydrogen-bond acceptors (Lipinski definition) is 3. The fraction of sp³-hybridized carbons (Fsp3) is 0.308. The number of aromatic nitrogens is 1. The minimum absolute atomic E-state index is 0.326. The van der Waals surface area contributed by atoms with Gasteiger partial charge in [0.2, 0.25) is 5.89 Å². The van der Waals surface area contributed by atoms with E-state index in [0.717, 1.165) is 35.0 Å². The fourth-order valence-corrected chi connectivity index (χ4v) is 2.29. The van der Waals surface area contributed by atoms with Gasteiger partial charge in [0.1, 0.15) is 12.0 Å². The van der Waals surface area contributed by atoms with E-state index < -0.39 is 0 Å². The summed E-state index contributed by atoms with van der Waals surface area (Å²) in [4.78, 5) is 4.50. The highest BCUT2D eigenvalue weighted by molar-refractivity contribution is 9.10. The maximum absolute atomic E-state index is 6.18. The van der Waals surface area contributed by atoms with Crippen molar-refractivity contribution < 1.29 is 4.42 Å². The van der Waals surface area contributed by atoms with Gasteiger partial charge < -0.3 is 10.2 Å². The molecular weight excluding hydrogens is 280 g/mol. The summed E-state index contributed by atoms with van der Waals surface area (Å²) < 4.78 is 6.56. The predicted octanol–water partition coefficient (Wildman–Crippen LogP) is 3.44. The van der Waals surface area contributed by atoms with Crippen LogP contribution in [0.5, 0.6) is 0 Å². The summed E-state index contributed by atoms with van der Waals surface area (Å²) in [6, 6.07) is 8.00. The van der Waals surface area contributed by atoms with Gasteiger partial charge in [-0.25, -0.2) is 4.98 Å². The second-order valence-electron chi connectivity index (χ2n) is 4.55. The number of hydrogen-bond donors (Lipinski definition) is 1. The van der Waals surface area contributed by atoms with E-state index in [1.165, 1.54) is 0 Å². The van der Waals surface area contributed by atoms with Crippen LogP contribution in [0.4, 0.5) is 0 Å². The van der Waals surface area contributed by atoms with Crippen molar-refractivity contribution in [2.45, 2.75) is 24.8 Å². The van der Waals surface area contributed by atoms with Crippen molar-refractivity contribution >= 4 is 15.9 Å². The average molecular weight is 293 g/mol. The van der Waals surface area contributed by atoms with Crippen LogP contribution in [-0.2, 0) is 5.54 Å². The molecule has 1 aromatic carbocycles. The lowest BCUT2D eigenvalue weighted by molar-refractivity contribution is 0.199. The van der Waals surface area contributed by atoms with Crippen LogP contribution >= 0.6 is 15.9 Å². The Morgan fingerprint density at radius 3 is 2.53 bits per heavy atom. The third kappa shape index (κ3) is 1.91. The first-order chi connectivity index (χ1) is 8.17. The standard InChI is InChI=1S/C13H13BrN2O/c14-10-4-2-9(3-5-10)11-8-17-12(16-11)13(15)6-1-7-13/h2-5,8H,1,6-7,15H2. The van der Waals surface area contributed by atoms with E-state index in [0.29, 0.717) is 5.89 Å². The van der Waals surface area contributed by atoms with Crippen molar-refractivity contribution in [1.82, 2.24) is 4.98 Å². The van der Waals surface area contributed by atoms with Gasteiger partial charge in [0.05, 0.1) is 5.54 Å². The normalized spacial score (nSPS) is 17.8. The molecule has 2 aromatic rings. The second kappa shape index (κ2) is 3.96. The van der Waals surface area contributed by atoms with E-state index in [1.807, 2.05) is 24.3 Å². The van der Waals surface area contributed by atoms with Crippen LogP contribution in [0.2, 0.25) is 0 Å². The van der Waals surface area contributed by atoms with Crippen molar-refractivity contribution in [3.8, 4) is 11.3 Å². The quantitative estimate of drug-likeness (QED) is 0.922. The van der Waals surface area contributed by atoms with Crippen LogP contribution in [0.25, 0.3) is 11.3 Å². The number of oxazole rings is 1. The molecule has 1 saturated carbocycles. The predicted molar refractivity (Wildman–Crippen MR) is 69.4 cm³/mol. The van der Waals surface area contributed by atoms with Gasteiger partial charge in [-0.15, -0.1) is 0 Å². The Morgan fingerprint density at radius 1 is 1.24 bits per heavy atom. The molecule has 1 aromatic heterocycles. The molecule has 88 valence electrons. The van der Waals surface area contributed by atoms with E-state index in [1.54, 1.807) is 6.26 Å². The van der Waals surface area contributed by atoms with Crippen molar-refractivity contribution in [2.75, 3.05) is 0 Å². The first-order valence-electron chi connectivity index (χ1n) is 5.68. The molecule has 4 heteroatoms. The van der Waals surface area contributed by atoms with Gasteiger partial charge in [0.15, 0.2) is 0 Å². The second-order valence-corrected chi connectivity index (χ2v) is 5.47. The van der Waals surface area contributed by atoms with E-state index in [4.69, 9.17) is 10.2 Å². The van der Waals surface area contributed by atoms with Gasteiger partial charge in [-0.1, -0.05) is 28.1 Å². The Morgan fingerprint density at radius 2 is 1.94 bits per heavy atom. The van der Waals surface area contributed by atoms with E-state index in [-0.39, 0.29) is 5.54 Å². The third-order valence-corrected chi connectivity index (χ3v) is 3.84. The van der Waals surface area contributed by atoms with Crippen molar-refractivity contribution in [3.63, 3.8) is 0 Å². The highest BCUT2D eigenvalue weighted by Gasteiger charge is 2.39. The number of rotatable bonds is 2. The summed E-state index contributed by atoms with van der Waals surface area (Å²) in [7, 11) is 0. The monoisotopic (exact) mass is 292 g/mol. The molecule has 0 aliphatic heterocycles. The number of nitrogens with two attached hydrogens (primary N) is 1. The van der Waals surface area contributed by atoms with Crippen molar-refractivity contribution in [3.05, 3.63) is 40.9 Å². The van der Waals surface area contributed by atoms with Gasteiger partial charge in [-0.05, 0) is 31.4 Å². The smallest absolute Gasteiger partial charge is 0.214 e. The first-order valence-corrected chi connectivity index (χ1v) is 6.47. The zero-order chi connectivity index (χ0) is 11.9. The Bertz CT molecular complexity index is 529. The van der Waals surface area contributed by atoms with Crippen molar-refractivity contribution in [1.29, 1.82) is 0 Å². The van der Waals surface area contributed by atoms with Crippen LogP contribution in [0, 0.1) is 0 Å². The van der Waals surface area contributed by atoms with Gasteiger partial charge in [-0.3, -0.25) is 0 Å². The molecule has 3 rings (SSSR count). The molecule has 0 spiro atoms. The summed E-state index contributed by atoms with van der Waals surface area (Å²) in [6.07, 6.45) is 4.78. The Kier molecular flexibility index (Phi) is 2.56. The van der Waals surface area contributed by atoms with Crippen LogP contribution in [0.3, 0.4) is 0 Å². The molecule has 0 saturated heterocycles. The van der Waals surface area contributed by atoms with Gasteiger partial charge in [-0.2, -0.15) is 0 Å². The van der Waals surface area contributed by atoms with E-state index in [9.17, 15) is 0 Å². The average Bonchev–Trinajstić information content (AvgIpc) is 2.76. The molecule has 17 heavy (non-hydrogen) atoms. The van der Waals surface area contributed by atoms with Crippen molar-refractivity contribution in [2.24, 2.45) is 5.73 Å². The maximum atomic E-state index is 6.18. The molecule has 1 fully saturated rings. The molecule has 0 radical (unpaired) electrons. The number of nitrogens with zero attached hydrogens (tertiary/aromatic N) is 1. The molecule has 2 N–H and O–H groups in total. The Labute approximate surface area is 108 Å². The zero-order valence-electron chi connectivity index (χ0n) is 9.32. The third-order valence-electron chi connectivity index (χ3n) is 3.32. The minimum Gasteiger partial charge on any atom is -0.446 e. The highest BCUT2D eigenvalue weighted by atomic mass is 79.9. The lowest BCUT2D eigenvalue weighted by Crippen LogP contribution is -2.43. The Balaban J connectivity index is 1.92. The van der Waals surface area contributed by atoms with Gasteiger partial charge in [0.25, 0.3) is 0 Å². The van der Waals surface area contributed by atoms with Gasteiger partial charge in [0, 0.05) is 10.0 Å². The maximum Gasteiger partial charge on any atom is 0.214 e. The fourth-order valence-electron chi connectivity index (χ4n) is 2.03. The molecule has 3 nitrogen and oxygen atoms in total. The molecule has 0 atom stereocenters. The summed E-state index contributed by atoms with van der Waals surface area (Å²) >= 11 is 3.41. The largest absolute Gasteiger partial charge is 0.446 e. The highest BCUT2D eigenvalue weighted by Crippen LogP contribution is 2.38. The summed E-state index contributed by atoms with van der Waals surface area (Å²) in [6.45, 7) is 0. The molecule has 0 amide bonds. The topological polar surface area (TPSA) is 52.0 Å². The van der Waals surface area contributed by atoms with Crippen LogP contribution in [0.15, 0.2) is 39.4 Å². The molecular formula is C13H13BrN2O. The SMILES string of the molecule is NC1(c2nc(-c3ccc(Br)cc3)co2)CCC1. The summed E-state index contributed by atoms with van der Waals surface area (Å²) in [5, 5.41) is 0. The lowest BCUT2D eigenvalue weighted by atomic mass is 9.78. The first kappa shape index (κ1) is 11.0. The number of halogens is 1.